The molecule has 98 valence electrons. The highest BCUT2D eigenvalue weighted by molar-refractivity contribution is 5.93. The number of nitrogens with zero attached hydrogens (tertiary/aromatic N) is 3. The van der Waals surface area contributed by atoms with E-state index in [0.717, 1.165) is 19.3 Å². The van der Waals surface area contributed by atoms with Gasteiger partial charge in [-0.2, -0.15) is 4.98 Å². The summed E-state index contributed by atoms with van der Waals surface area (Å²) in [5, 5.41) is 12.7. The fourth-order valence-corrected chi connectivity index (χ4v) is 2.12. The summed E-state index contributed by atoms with van der Waals surface area (Å²) < 4.78 is 4.75. The number of carbonyl (C=O) groups is 2. The lowest BCUT2D eigenvalue weighted by atomic mass is 10.1. The van der Waals surface area contributed by atoms with Gasteiger partial charge >= 0.3 is 5.97 Å². The van der Waals surface area contributed by atoms with E-state index in [1.165, 1.54) is 4.90 Å². The third kappa shape index (κ3) is 2.49. The van der Waals surface area contributed by atoms with Crippen molar-refractivity contribution in [2.24, 2.45) is 0 Å². The minimum absolute atomic E-state index is 0.0688. The lowest BCUT2D eigenvalue weighted by molar-refractivity contribution is -0.142. The number of aliphatic carboxylic acids is 1. The maximum Gasteiger partial charge on any atom is 0.326 e. The summed E-state index contributed by atoms with van der Waals surface area (Å²) in [7, 11) is 0. The van der Waals surface area contributed by atoms with Crippen molar-refractivity contribution >= 4 is 11.9 Å². The van der Waals surface area contributed by atoms with E-state index >= 15 is 0 Å². The summed E-state index contributed by atoms with van der Waals surface area (Å²) in [6.07, 6.45) is 3.01. The van der Waals surface area contributed by atoms with Crippen LogP contribution < -0.4 is 0 Å². The van der Waals surface area contributed by atoms with Gasteiger partial charge in [0.05, 0.1) is 0 Å². The molecule has 1 fully saturated rings. The van der Waals surface area contributed by atoms with Gasteiger partial charge in [0.25, 0.3) is 11.7 Å². The Kier molecular flexibility index (Phi) is 3.59. The zero-order chi connectivity index (χ0) is 13.1. The van der Waals surface area contributed by atoms with Gasteiger partial charge in [0, 0.05) is 13.5 Å². The molecule has 7 heteroatoms. The van der Waals surface area contributed by atoms with E-state index in [1.807, 2.05) is 0 Å². The van der Waals surface area contributed by atoms with E-state index in [9.17, 15) is 14.7 Å². The molecule has 0 aromatic carbocycles. The minimum atomic E-state index is -0.981. The van der Waals surface area contributed by atoms with Gasteiger partial charge in [0.2, 0.25) is 5.89 Å². The van der Waals surface area contributed by atoms with Gasteiger partial charge in [0.15, 0.2) is 0 Å². The van der Waals surface area contributed by atoms with Crippen LogP contribution in [0, 0.1) is 6.92 Å². The fourth-order valence-electron chi connectivity index (χ4n) is 2.12. The van der Waals surface area contributed by atoms with Crippen LogP contribution in [0.5, 0.6) is 0 Å². The molecule has 2 rings (SSSR count). The quantitative estimate of drug-likeness (QED) is 0.839. The predicted octanol–water partition coefficient (Wildman–Crippen LogP) is 0.847. The van der Waals surface area contributed by atoms with Crippen LogP contribution in [-0.2, 0) is 4.79 Å². The molecular formula is C11H15N3O4. The number of hydrogen-bond donors (Lipinski definition) is 1. The Hall–Kier alpha value is -1.92. The number of likely N-dealkylation sites (tertiary alicyclic amines) is 1. The first-order valence-corrected chi connectivity index (χ1v) is 5.93. The van der Waals surface area contributed by atoms with E-state index in [2.05, 4.69) is 10.1 Å². The molecule has 1 aliphatic rings. The van der Waals surface area contributed by atoms with Gasteiger partial charge in [-0.3, -0.25) is 4.79 Å². The normalized spacial score (nSPS) is 20.5. The summed E-state index contributed by atoms with van der Waals surface area (Å²) in [4.78, 5) is 28.5. The third-order valence-corrected chi connectivity index (χ3v) is 3.02. The molecule has 7 nitrogen and oxygen atoms in total. The Morgan fingerprint density at radius 3 is 2.78 bits per heavy atom. The van der Waals surface area contributed by atoms with Crippen LogP contribution in [0.15, 0.2) is 4.52 Å². The molecule has 0 spiro atoms. The summed E-state index contributed by atoms with van der Waals surface area (Å²) in [6, 6.07) is -0.793. The lowest BCUT2D eigenvalue weighted by Crippen LogP contribution is -2.45. The Labute approximate surface area is 104 Å². The number of carboxylic acids is 1. The van der Waals surface area contributed by atoms with Crippen molar-refractivity contribution in [3.8, 4) is 0 Å². The Bertz CT molecular complexity index is 457. The number of carboxylic acid groups (broad SMARTS) is 1. The van der Waals surface area contributed by atoms with Crippen molar-refractivity contribution < 1.29 is 19.2 Å². The highest BCUT2D eigenvalue weighted by Gasteiger charge is 2.33. The van der Waals surface area contributed by atoms with E-state index in [1.54, 1.807) is 6.92 Å². The topological polar surface area (TPSA) is 96.5 Å². The van der Waals surface area contributed by atoms with Gasteiger partial charge in [-0.25, -0.2) is 4.79 Å². The number of rotatable bonds is 2. The molecular weight excluding hydrogens is 238 g/mol. The van der Waals surface area contributed by atoms with Crippen molar-refractivity contribution in [2.45, 2.75) is 38.6 Å². The van der Waals surface area contributed by atoms with Crippen molar-refractivity contribution in [2.75, 3.05) is 6.54 Å². The number of aryl methyl sites for hydroxylation is 1. The van der Waals surface area contributed by atoms with Crippen molar-refractivity contribution in [3.05, 3.63) is 11.7 Å². The molecule has 0 aliphatic carbocycles. The maximum absolute atomic E-state index is 12.2. The number of aromatic nitrogens is 2. The molecule has 1 N–H and O–H groups in total. The van der Waals surface area contributed by atoms with Crippen LogP contribution in [-0.4, -0.2) is 44.6 Å². The van der Waals surface area contributed by atoms with Gasteiger partial charge in [-0.05, 0) is 12.8 Å². The van der Waals surface area contributed by atoms with E-state index < -0.39 is 17.9 Å². The Morgan fingerprint density at radius 1 is 1.39 bits per heavy atom. The number of carbonyl (C=O) groups excluding carboxylic acids is 1. The van der Waals surface area contributed by atoms with Crippen LogP contribution in [0.4, 0.5) is 0 Å². The van der Waals surface area contributed by atoms with Crippen molar-refractivity contribution in [1.82, 2.24) is 15.0 Å². The van der Waals surface area contributed by atoms with Crippen molar-refractivity contribution in [3.63, 3.8) is 0 Å². The highest BCUT2D eigenvalue weighted by atomic mass is 16.5. The summed E-state index contributed by atoms with van der Waals surface area (Å²) >= 11 is 0. The molecule has 0 radical (unpaired) electrons. The second-order valence-corrected chi connectivity index (χ2v) is 4.34. The summed E-state index contributed by atoms with van der Waals surface area (Å²) in [6.45, 7) is 2.00. The van der Waals surface area contributed by atoms with Crippen LogP contribution >= 0.6 is 0 Å². The smallest absolute Gasteiger partial charge is 0.326 e. The summed E-state index contributed by atoms with van der Waals surface area (Å²) in [5.74, 6) is -1.23. The third-order valence-electron chi connectivity index (χ3n) is 3.02. The average molecular weight is 253 g/mol. The molecule has 1 amide bonds. The minimum Gasteiger partial charge on any atom is -0.480 e. The fraction of sp³-hybridized carbons (Fsp3) is 0.636. The number of amides is 1. The molecule has 1 aromatic heterocycles. The van der Waals surface area contributed by atoms with E-state index in [-0.39, 0.29) is 5.82 Å². The first kappa shape index (κ1) is 12.5. The van der Waals surface area contributed by atoms with Gasteiger partial charge in [-0.1, -0.05) is 18.0 Å². The van der Waals surface area contributed by atoms with Gasteiger partial charge in [0.1, 0.15) is 6.04 Å². The standard InChI is InChI=1S/C11H15N3O4/c1-7-12-9(13-18-7)10(15)14-6-4-2-3-5-8(14)11(16)17/h8H,2-6H2,1H3,(H,16,17). The first-order chi connectivity index (χ1) is 8.59. The monoisotopic (exact) mass is 253 g/mol. The van der Waals surface area contributed by atoms with Gasteiger partial charge in [-0.15, -0.1) is 0 Å². The maximum atomic E-state index is 12.2. The first-order valence-electron chi connectivity index (χ1n) is 5.93. The van der Waals surface area contributed by atoms with Crippen LogP contribution in [0.3, 0.4) is 0 Å². The SMILES string of the molecule is Cc1nc(C(=O)N2CCCCCC2C(=O)O)no1. The molecule has 0 saturated carbocycles. The molecule has 18 heavy (non-hydrogen) atoms. The highest BCUT2D eigenvalue weighted by Crippen LogP contribution is 2.18. The van der Waals surface area contributed by atoms with Crippen LogP contribution in [0.1, 0.15) is 42.2 Å². The predicted molar refractivity (Wildman–Crippen MR) is 60.0 cm³/mol. The molecule has 1 atom stereocenters. The largest absolute Gasteiger partial charge is 0.480 e. The Balaban J connectivity index is 2.22. The average Bonchev–Trinajstić information content (AvgIpc) is 2.63. The zero-order valence-corrected chi connectivity index (χ0v) is 10.1. The van der Waals surface area contributed by atoms with Gasteiger partial charge < -0.3 is 14.5 Å². The lowest BCUT2D eigenvalue weighted by Gasteiger charge is -2.25. The molecule has 1 saturated heterocycles. The molecule has 1 unspecified atom stereocenters. The van der Waals surface area contributed by atoms with Crippen LogP contribution in [0.25, 0.3) is 0 Å². The summed E-state index contributed by atoms with van der Waals surface area (Å²) in [5.41, 5.74) is 0. The van der Waals surface area contributed by atoms with Crippen molar-refractivity contribution in [1.29, 1.82) is 0 Å². The molecule has 1 aromatic rings. The zero-order valence-electron chi connectivity index (χ0n) is 10.1. The number of hydrogen-bond acceptors (Lipinski definition) is 5. The van der Waals surface area contributed by atoms with Crippen LogP contribution in [0.2, 0.25) is 0 Å². The molecule has 2 heterocycles. The van der Waals surface area contributed by atoms with E-state index in [0.29, 0.717) is 18.9 Å². The molecule has 1 aliphatic heterocycles. The second-order valence-electron chi connectivity index (χ2n) is 4.34. The molecule has 0 bridgehead atoms. The van der Waals surface area contributed by atoms with E-state index in [4.69, 9.17) is 4.52 Å². The second kappa shape index (κ2) is 5.16. The Morgan fingerprint density at radius 2 is 2.17 bits per heavy atom.